The molecule has 1 aliphatic rings. The van der Waals surface area contributed by atoms with Crippen LogP contribution in [0, 0.1) is 0 Å². The quantitative estimate of drug-likeness (QED) is 0.630. The van der Waals surface area contributed by atoms with Crippen LogP contribution in [0.5, 0.6) is 5.75 Å². The van der Waals surface area contributed by atoms with E-state index in [1.807, 2.05) is 36.4 Å². The molecule has 0 radical (unpaired) electrons. The molecule has 1 unspecified atom stereocenters. The highest BCUT2D eigenvalue weighted by atomic mass is 16.7. The highest BCUT2D eigenvalue weighted by Gasteiger charge is 2.30. The van der Waals surface area contributed by atoms with Crippen LogP contribution in [0.15, 0.2) is 59.0 Å². The molecule has 0 amide bonds. The van der Waals surface area contributed by atoms with Crippen molar-refractivity contribution in [3.63, 3.8) is 0 Å². The Morgan fingerprint density at radius 3 is 2.60 bits per heavy atom. The molecule has 0 spiro atoms. The van der Waals surface area contributed by atoms with Crippen LogP contribution in [0.25, 0.3) is 11.0 Å². The minimum Gasteiger partial charge on any atom is -0.453 e. The Balaban J connectivity index is 1.75. The highest BCUT2D eigenvalue weighted by molar-refractivity contribution is 5.93. The summed E-state index contributed by atoms with van der Waals surface area (Å²) >= 11 is 0. The van der Waals surface area contributed by atoms with E-state index < -0.39 is 12.3 Å². The predicted molar refractivity (Wildman–Crippen MR) is 71.4 cm³/mol. The van der Waals surface area contributed by atoms with Crippen LogP contribution < -0.4 is 4.74 Å². The molecule has 4 rings (SSSR count). The summed E-state index contributed by atoms with van der Waals surface area (Å²) < 4.78 is 16.6. The van der Waals surface area contributed by atoms with E-state index in [0.29, 0.717) is 17.1 Å². The fourth-order valence-electron chi connectivity index (χ4n) is 2.27. The summed E-state index contributed by atoms with van der Waals surface area (Å²) in [5.74, 6) is 0.584. The largest absolute Gasteiger partial charge is 0.453 e. The van der Waals surface area contributed by atoms with Crippen molar-refractivity contribution >= 4 is 16.9 Å². The third-order valence-corrected chi connectivity index (χ3v) is 3.23. The smallest absolute Gasteiger partial charge is 0.345 e. The molecule has 0 N–H and O–H groups in total. The van der Waals surface area contributed by atoms with Gasteiger partial charge >= 0.3 is 12.3 Å². The van der Waals surface area contributed by atoms with E-state index in [1.54, 1.807) is 18.2 Å². The lowest BCUT2D eigenvalue weighted by molar-refractivity contribution is -0.0724. The zero-order valence-corrected chi connectivity index (χ0v) is 10.4. The number of carbonyl (C=O) groups excluding carboxylic acids is 1. The van der Waals surface area contributed by atoms with Crippen molar-refractivity contribution in [2.45, 2.75) is 6.29 Å². The second-order valence-electron chi connectivity index (χ2n) is 4.54. The lowest BCUT2D eigenvalue weighted by atomic mass is 10.2. The van der Waals surface area contributed by atoms with Gasteiger partial charge in [-0.05, 0) is 24.3 Å². The van der Waals surface area contributed by atoms with Gasteiger partial charge < -0.3 is 13.9 Å². The molecule has 0 saturated carbocycles. The van der Waals surface area contributed by atoms with Crippen molar-refractivity contribution in [2.24, 2.45) is 0 Å². The number of rotatable bonds is 1. The topological polar surface area (TPSA) is 48.7 Å². The number of hydrogen-bond donors (Lipinski definition) is 0. The van der Waals surface area contributed by atoms with E-state index in [9.17, 15) is 4.79 Å². The molecule has 3 aromatic rings. The molecule has 1 aromatic heterocycles. The maximum atomic E-state index is 11.9. The van der Waals surface area contributed by atoms with Crippen LogP contribution in [-0.2, 0) is 4.74 Å². The Morgan fingerprint density at radius 1 is 0.900 bits per heavy atom. The molecule has 4 nitrogen and oxygen atoms in total. The lowest BCUT2D eigenvalue weighted by Gasteiger charge is -2.23. The number of cyclic esters (lactones) is 1. The van der Waals surface area contributed by atoms with Crippen LogP contribution in [0.3, 0.4) is 0 Å². The Kier molecular flexibility index (Phi) is 2.29. The minimum atomic E-state index is -0.843. The third-order valence-electron chi connectivity index (χ3n) is 3.23. The summed E-state index contributed by atoms with van der Waals surface area (Å²) in [5.41, 5.74) is 1.17. The minimum absolute atomic E-state index is 0.405. The van der Waals surface area contributed by atoms with E-state index >= 15 is 0 Å². The summed E-state index contributed by atoms with van der Waals surface area (Å²) in [4.78, 5) is 11.9. The summed E-state index contributed by atoms with van der Waals surface area (Å²) in [5, 5.41) is 0.945. The van der Waals surface area contributed by atoms with E-state index in [4.69, 9.17) is 13.9 Å². The number of fused-ring (bicyclic) bond motifs is 2. The van der Waals surface area contributed by atoms with Gasteiger partial charge in [0.05, 0.1) is 0 Å². The SMILES string of the molecule is O=C1OC(c2cc3ccccc3o2)Oc2ccccc21. The molecular weight excluding hydrogens is 256 g/mol. The van der Waals surface area contributed by atoms with E-state index in [1.165, 1.54) is 0 Å². The molecule has 2 aromatic carbocycles. The number of para-hydroxylation sites is 2. The predicted octanol–water partition coefficient (Wildman–Crippen LogP) is 3.68. The average molecular weight is 266 g/mol. The van der Waals surface area contributed by atoms with Gasteiger partial charge in [-0.15, -0.1) is 0 Å². The molecule has 0 fully saturated rings. The normalized spacial score (nSPS) is 17.4. The fourth-order valence-corrected chi connectivity index (χ4v) is 2.27. The number of ether oxygens (including phenoxy) is 2. The van der Waals surface area contributed by atoms with Gasteiger partial charge in [-0.1, -0.05) is 30.3 Å². The van der Waals surface area contributed by atoms with Crippen molar-refractivity contribution in [1.29, 1.82) is 0 Å². The summed E-state index contributed by atoms with van der Waals surface area (Å²) in [6.45, 7) is 0. The zero-order valence-electron chi connectivity index (χ0n) is 10.4. The van der Waals surface area contributed by atoms with Crippen LogP contribution in [0.4, 0.5) is 0 Å². The highest BCUT2D eigenvalue weighted by Crippen LogP contribution is 2.34. The number of benzene rings is 2. The van der Waals surface area contributed by atoms with Crippen LogP contribution in [0.1, 0.15) is 22.4 Å². The molecule has 0 bridgehead atoms. The second kappa shape index (κ2) is 4.13. The van der Waals surface area contributed by atoms with E-state index in [2.05, 4.69) is 0 Å². The van der Waals surface area contributed by atoms with Gasteiger partial charge in [-0.2, -0.15) is 0 Å². The van der Waals surface area contributed by atoms with Crippen LogP contribution >= 0.6 is 0 Å². The first-order valence-electron chi connectivity index (χ1n) is 6.26. The summed E-state index contributed by atoms with van der Waals surface area (Å²) in [6, 6.07) is 16.4. The first-order chi connectivity index (χ1) is 9.81. The number of carbonyl (C=O) groups is 1. The zero-order chi connectivity index (χ0) is 13.5. The van der Waals surface area contributed by atoms with Gasteiger partial charge in [0, 0.05) is 5.39 Å². The van der Waals surface area contributed by atoms with Crippen LogP contribution in [-0.4, -0.2) is 5.97 Å². The molecule has 1 aliphatic heterocycles. The molecule has 0 aliphatic carbocycles. The Bertz CT molecular complexity index is 770. The van der Waals surface area contributed by atoms with Gasteiger partial charge in [0.15, 0.2) is 5.76 Å². The lowest BCUT2D eigenvalue weighted by Crippen LogP contribution is -2.22. The second-order valence-corrected chi connectivity index (χ2v) is 4.54. The molecule has 2 heterocycles. The standard InChI is InChI=1S/C16H10O4/c17-15-11-6-2-4-8-13(11)19-16(20-15)14-9-10-5-1-3-7-12(10)18-14/h1-9,16H. The molecule has 98 valence electrons. The van der Waals surface area contributed by atoms with Gasteiger partial charge in [0.2, 0.25) is 0 Å². The molecular formula is C16H10O4. The number of hydrogen-bond acceptors (Lipinski definition) is 4. The van der Waals surface area contributed by atoms with E-state index in [-0.39, 0.29) is 0 Å². The van der Waals surface area contributed by atoms with Gasteiger partial charge in [0.1, 0.15) is 16.9 Å². The molecule has 20 heavy (non-hydrogen) atoms. The average Bonchev–Trinajstić information content (AvgIpc) is 2.91. The van der Waals surface area contributed by atoms with Gasteiger partial charge in [0.25, 0.3) is 0 Å². The van der Waals surface area contributed by atoms with Crippen molar-refractivity contribution < 1.29 is 18.7 Å². The third kappa shape index (κ3) is 1.66. The number of furan rings is 1. The van der Waals surface area contributed by atoms with Gasteiger partial charge in [-0.25, -0.2) is 4.79 Å². The first-order valence-corrected chi connectivity index (χ1v) is 6.26. The summed E-state index contributed by atoms with van der Waals surface area (Å²) in [6.07, 6.45) is -0.843. The maximum absolute atomic E-state index is 11.9. The molecule has 0 saturated heterocycles. The van der Waals surface area contributed by atoms with Crippen molar-refractivity contribution in [3.05, 3.63) is 65.9 Å². The summed E-state index contributed by atoms with van der Waals surface area (Å²) in [7, 11) is 0. The Labute approximate surface area is 114 Å². The first kappa shape index (κ1) is 11.1. The van der Waals surface area contributed by atoms with Crippen molar-refractivity contribution in [3.8, 4) is 5.75 Å². The van der Waals surface area contributed by atoms with Crippen LogP contribution in [0.2, 0.25) is 0 Å². The van der Waals surface area contributed by atoms with Crippen molar-refractivity contribution in [1.82, 2.24) is 0 Å². The Morgan fingerprint density at radius 2 is 1.70 bits per heavy atom. The molecule has 1 atom stereocenters. The number of esters is 1. The van der Waals surface area contributed by atoms with Crippen molar-refractivity contribution in [2.75, 3.05) is 0 Å². The maximum Gasteiger partial charge on any atom is 0.345 e. The fraction of sp³-hybridized carbons (Fsp3) is 0.0625. The monoisotopic (exact) mass is 266 g/mol. The molecule has 4 heteroatoms. The van der Waals surface area contributed by atoms with Gasteiger partial charge in [-0.3, -0.25) is 0 Å². The van der Waals surface area contributed by atoms with E-state index in [0.717, 1.165) is 11.0 Å². The Hall–Kier alpha value is -2.75.